The molecule has 0 radical (unpaired) electrons. The second-order valence-electron chi connectivity index (χ2n) is 7.43. The summed E-state index contributed by atoms with van der Waals surface area (Å²) in [5, 5.41) is 7.67. The van der Waals surface area contributed by atoms with Gasteiger partial charge in [0.1, 0.15) is 5.60 Å². The molecule has 0 aromatic carbocycles. The van der Waals surface area contributed by atoms with E-state index in [-0.39, 0.29) is 11.6 Å². The zero-order valence-corrected chi connectivity index (χ0v) is 15.5. The Morgan fingerprint density at radius 1 is 1.23 bits per heavy atom. The first-order valence-corrected chi connectivity index (χ1v) is 8.76. The van der Waals surface area contributed by atoms with E-state index in [9.17, 15) is 4.79 Å². The first kappa shape index (κ1) is 19.0. The summed E-state index contributed by atoms with van der Waals surface area (Å²) in [6.07, 6.45) is 0.769. The second kappa shape index (κ2) is 7.97. The minimum absolute atomic E-state index is 0.250. The van der Waals surface area contributed by atoms with Crippen LogP contribution in [0.1, 0.15) is 47.1 Å². The molecule has 5 heteroatoms. The summed E-state index contributed by atoms with van der Waals surface area (Å²) in [4.78, 5) is 14.1. The zero-order chi connectivity index (χ0) is 16.8. The van der Waals surface area contributed by atoms with Crippen LogP contribution in [0.5, 0.6) is 0 Å². The lowest BCUT2D eigenvalue weighted by atomic mass is 10.1. The zero-order valence-electron chi connectivity index (χ0n) is 14.7. The molecule has 1 heterocycles. The maximum Gasteiger partial charge on any atom is 0.410 e. The molecule has 0 spiro atoms. The van der Waals surface area contributed by atoms with Gasteiger partial charge in [0, 0.05) is 18.6 Å². The number of hydrogen-bond acceptors (Lipinski definition) is 4. The first-order chi connectivity index (χ1) is 10.1. The summed E-state index contributed by atoms with van der Waals surface area (Å²) < 4.78 is 5.50. The normalized spacial score (nSPS) is 12.3. The van der Waals surface area contributed by atoms with E-state index in [0.717, 1.165) is 19.5 Å². The topological polar surface area (TPSA) is 41.6 Å². The van der Waals surface area contributed by atoms with E-state index >= 15 is 0 Å². The Hall–Kier alpha value is -1.07. The quantitative estimate of drug-likeness (QED) is 0.806. The van der Waals surface area contributed by atoms with Crippen LogP contribution in [-0.2, 0) is 11.2 Å². The van der Waals surface area contributed by atoms with Crippen LogP contribution in [0.15, 0.2) is 16.8 Å². The Labute approximate surface area is 138 Å². The summed E-state index contributed by atoms with van der Waals surface area (Å²) in [5.74, 6) is 0. The van der Waals surface area contributed by atoms with Crippen molar-refractivity contribution in [2.75, 3.05) is 19.6 Å². The van der Waals surface area contributed by atoms with E-state index in [1.807, 2.05) is 41.5 Å². The second-order valence-corrected chi connectivity index (χ2v) is 8.21. The molecule has 0 unspecified atom stereocenters. The molecule has 0 saturated carbocycles. The van der Waals surface area contributed by atoms with Gasteiger partial charge >= 0.3 is 6.09 Å². The highest BCUT2D eigenvalue weighted by molar-refractivity contribution is 7.07. The highest BCUT2D eigenvalue weighted by Gasteiger charge is 2.30. The fraction of sp³-hybridized carbons (Fsp3) is 0.706. The summed E-state index contributed by atoms with van der Waals surface area (Å²) in [6, 6.07) is 2.15. The van der Waals surface area contributed by atoms with E-state index < -0.39 is 5.60 Å². The molecule has 0 aliphatic carbocycles. The lowest BCUT2D eigenvalue weighted by molar-refractivity contribution is 0.00666. The highest BCUT2D eigenvalue weighted by Crippen LogP contribution is 2.17. The number of carbonyl (C=O) groups excluding carboxylic acids is 1. The SMILES string of the molecule is CC(C)(C)OC(=O)N(CCNCCc1ccsc1)C(C)(C)C. The van der Waals surface area contributed by atoms with Gasteiger partial charge in [0.05, 0.1) is 0 Å². The van der Waals surface area contributed by atoms with Gasteiger partial charge in [0.15, 0.2) is 0 Å². The van der Waals surface area contributed by atoms with Crippen LogP contribution >= 0.6 is 11.3 Å². The third-order valence-corrected chi connectivity index (χ3v) is 3.84. The molecule has 4 nitrogen and oxygen atoms in total. The van der Waals surface area contributed by atoms with Gasteiger partial charge in [-0.3, -0.25) is 0 Å². The molecule has 1 aromatic rings. The molecule has 1 amide bonds. The number of amides is 1. The number of carbonyl (C=O) groups is 1. The van der Waals surface area contributed by atoms with Gasteiger partial charge in [0.2, 0.25) is 0 Å². The Kier molecular flexibility index (Phi) is 6.88. The van der Waals surface area contributed by atoms with E-state index in [1.165, 1.54) is 5.56 Å². The smallest absolute Gasteiger partial charge is 0.410 e. The maximum atomic E-state index is 12.3. The van der Waals surface area contributed by atoms with E-state index in [2.05, 4.69) is 22.1 Å². The lowest BCUT2D eigenvalue weighted by Gasteiger charge is -2.36. The monoisotopic (exact) mass is 326 g/mol. The fourth-order valence-corrected chi connectivity index (χ4v) is 2.70. The van der Waals surface area contributed by atoms with Crippen LogP contribution in [0.25, 0.3) is 0 Å². The molecule has 0 aliphatic heterocycles. The summed E-state index contributed by atoms with van der Waals surface area (Å²) in [7, 11) is 0. The fourth-order valence-electron chi connectivity index (χ4n) is 2.00. The molecule has 0 atom stereocenters. The number of nitrogens with zero attached hydrogens (tertiary/aromatic N) is 1. The number of nitrogens with one attached hydrogen (secondary N) is 1. The van der Waals surface area contributed by atoms with E-state index in [1.54, 1.807) is 16.2 Å². The molecule has 1 N–H and O–H groups in total. The minimum atomic E-state index is -0.465. The average Bonchev–Trinajstić information content (AvgIpc) is 2.82. The third kappa shape index (κ3) is 7.27. The van der Waals surface area contributed by atoms with Gasteiger partial charge in [-0.15, -0.1) is 0 Å². The van der Waals surface area contributed by atoms with E-state index in [4.69, 9.17) is 4.74 Å². The van der Waals surface area contributed by atoms with E-state index in [0.29, 0.717) is 6.54 Å². The summed E-state index contributed by atoms with van der Waals surface area (Å²) in [5.41, 5.74) is 0.641. The highest BCUT2D eigenvalue weighted by atomic mass is 32.1. The van der Waals surface area contributed by atoms with Gasteiger partial charge in [-0.1, -0.05) is 0 Å². The van der Waals surface area contributed by atoms with Crippen LogP contribution in [0, 0.1) is 0 Å². The largest absolute Gasteiger partial charge is 0.444 e. The summed E-state index contributed by atoms with van der Waals surface area (Å²) in [6.45, 7) is 14.1. The predicted octanol–water partition coefficient (Wildman–Crippen LogP) is 3.92. The van der Waals surface area contributed by atoms with Crippen LogP contribution in [0.4, 0.5) is 4.79 Å². The molecule has 0 bridgehead atoms. The van der Waals surface area contributed by atoms with Gasteiger partial charge < -0.3 is 15.0 Å². The van der Waals surface area contributed by atoms with Crippen molar-refractivity contribution in [1.29, 1.82) is 0 Å². The van der Waals surface area contributed by atoms with Crippen LogP contribution in [-0.4, -0.2) is 41.8 Å². The predicted molar refractivity (Wildman–Crippen MR) is 93.6 cm³/mol. The molecule has 1 aromatic heterocycles. The van der Waals surface area contributed by atoms with Crippen molar-refractivity contribution in [1.82, 2.24) is 10.2 Å². The lowest BCUT2D eigenvalue weighted by Crippen LogP contribution is -2.50. The molecule has 22 heavy (non-hydrogen) atoms. The molecule has 0 aliphatic rings. The van der Waals surface area contributed by atoms with Crippen molar-refractivity contribution in [2.24, 2.45) is 0 Å². The van der Waals surface area contributed by atoms with Crippen LogP contribution in [0.2, 0.25) is 0 Å². The van der Waals surface area contributed by atoms with Crippen molar-refractivity contribution in [3.63, 3.8) is 0 Å². The molecular weight excluding hydrogens is 296 g/mol. The Morgan fingerprint density at radius 3 is 2.41 bits per heavy atom. The maximum absolute atomic E-state index is 12.3. The Balaban J connectivity index is 2.40. The van der Waals surface area contributed by atoms with Crippen LogP contribution in [0.3, 0.4) is 0 Å². The molecule has 126 valence electrons. The van der Waals surface area contributed by atoms with Crippen molar-refractivity contribution >= 4 is 17.4 Å². The van der Waals surface area contributed by atoms with Crippen molar-refractivity contribution in [2.45, 2.75) is 59.1 Å². The Morgan fingerprint density at radius 2 is 1.91 bits per heavy atom. The van der Waals surface area contributed by atoms with Crippen molar-refractivity contribution in [3.8, 4) is 0 Å². The van der Waals surface area contributed by atoms with Crippen LogP contribution < -0.4 is 5.32 Å². The molecule has 0 fully saturated rings. The molecule has 1 rings (SSSR count). The standard InChI is InChI=1S/C17H30N2O2S/c1-16(2,3)19(15(20)21-17(4,5)6)11-10-18-9-7-14-8-12-22-13-14/h8,12-13,18H,7,9-11H2,1-6H3. The van der Waals surface area contributed by atoms with Gasteiger partial charge in [-0.05, 0) is 76.9 Å². The Bertz CT molecular complexity index is 444. The van der Waals surface area contributed by atoms with Crippen molar-refractivity contribution in [3.05, 3.63) is 22.4 Å². The minimum Gasteiger partial charge on any atom is -0.444 e. The third-order valence-electron chi connectivity index (χ3n) is 3.11. The van der Waals surface area contributed by atoms with Gasteiger partial charge in [-0.25, -0.2) is 4.79 Å². The first-order valence-electron chi connectivity index (χ1n) is 7.82. The van der Waals surface area contributed by atoms with Crippen molar-refractivity contribution < 1.29 is 9.53 Å². The summed E-state index contributed by atoms with van der Waals surface area (Å²) >= 11 is 1.72. The number of rotatable bonds is 6. The average molecular weight is 327 g/mol. The number of thiophene rings is 1. The molecular formula is C17H30N2O2S. The molecule has 0 saturated heterocycles. The van der Waals surface area contributed by atoms with Gasteiger partial charge in [0.25, 0.3) is 0 Å². The number of hydrogen-bond donors (Lipinski definition) is 1. The number of ether oxygens (including phenoxy) is 1. The van der Waals surface area contributed by atoms with Gasteiger partial charge in [-0.2, -0.15) is 11.3 Å².